The highest BCUT2D eigenvalue weighted by Crippen LogP contribution is 2.39. The van der Waals surface area contributed by atoms with Crippen molar-refractivity contribution >= 4 is 39.3 Å². The Balaban J connectivity index is 2.06. The molecule has 0 N–H and O–H groups in total. The standard InChI is InChI=1S/C21H16BrF5N2O3/c1-8(2)32-20-12(22)6-10(7-13(20)31-4)5-11-9(3)28-29(21(11)30)19-17(26)15(24)14(23)16(25)18(19)27/h5-8H,1-4H3/b11-5-. The van der Waals surface area contributed by atoms with Crippen molar-refractivity contribution in [2.24, 2.45) is 5.10 Å². The molecule has 5 nitrogen and oxygen atoms in total. The lowest BCUT2D eigenvalue weighted by Gasteiger charge is -2.16. The molecule has 0 aliphatic carbocycles. The highest BCUT2D eigenvalue weighted by Gasteiger charge is 2.37. The fourth-order valence-corrected chi connectivity index (χ4v) is 3.51. The zero-order valence-corrected chi connectivity index (χ0v) is 18.8. The summed E-state index contributed by atoms with van der Waals surface area (Å²) in [4.78, 5) is 12.8. The molecule has 0 fully saturated rings. The van der Waals surface area contributed by atoms with E-state index in [9.17, 15) is 26.7 Å². The van der Waals surface area contributed by atoms with Crippen molar-refractivity contribution in [2.75, 3.05) is 12.1 Å². The number of hydrazone groups is 1. The van der Waals surface area contributed by atoms with Crippen LogP contribution in [-0.2, 0) is 4.79 Å². The maximum atomic E-state index is 14.2. The van der Waals surface area contributed by atoms with Crippen molar-refractivity contribution in [1.82, 2.24) is 0 Å². The topological polar surface area (TPSA) is 51.1 Å². The third-order valence-corrected chi connectivity index (χ3v) is 4.97. The summed E-state index contributed by atoms with van der Waals surface area (Å²) in [6, 6.07) is 3.16. The quantitative estimate of drug-likeness (QED) is 0.219. The van der Waals surface area contributed by atoms with Crippen LogP contribution in [0.2, 0.25) is 0 Å². The Morgan fingerprint density at radius 1 is 1.03 bits per heavy atom. The molecule has 3 rings (SSSR count). The van der Waals surface area contributed by atoms with Crippen LogP contribution < -0.4 is 14.5 Å². The van der Waals surface area contributed by atoms with Gasteiger partial charge in [0.05, 0.1) is 29.0 Å². The SMILES string of the molecule is COc1cc(/C=C2\C(=O)N(c3c(F)c(F)c(F)c(F)c3F)N=C2C)cc(Br)c1OC(C)C. The van der Waals surface area contributed by atoms with Crippen LogP contribution >= 0.6 is 15.9 Å². The largest absolute Gasteiger partial charge is 0.493 e. The molecule has 1 amide bonds. The molecule has 0 spiro atoms. The minimum absolute atomic E-state index is 0.0107. The van der Waals surface area contributed by atoms with E-state index in [0.717, 1.165) is 0 Å². The predicted molar refractivity (Wildman–Crippen MR) is 111 cm³/mol. The number of benzene rings is 2. The number of amides is 1. The Morgan fingerprint density at radius 3 is 2.12 bits per heavy atom. The zero-order chi connectivity index (χ0) is 23.9. The molecule has 32 heavy (non-hydrogen) atoms. The number of rotatable bonds is 5. The van der Waals surface area contributed by atoms with Gasteiger partial charge in [-0.2, -0.15) is 10.1 Å². The maximum absolute atomic E-state index is 14.2. The molecule has 2 aromatic carbocycles. The summed E-state index contributed by atoms with van der Waals surface area (Å²) in [6.07, 6.45) is 1.20. The summed E-state index contributed by atoms with van der Waals surface area (Å²) in [5.74, 6) is -11.3. The number of halogens is 6. The molecule has 1 heterocycles. The highest BCUT2D eigenvalue weighted by atomic mass is 79.9. The molecule has 170 valence electrons. The van der Waals surface area contributed by atoms with Gasteiger partial charge in [0, 0.05) is 0 Å². The molecule has 1 aliphatic heterocycles. The van der Waals surface area contributed by atoms with Crippen LogP contribution in [0.5, 0.6) is 11.5 Å². The molecular weight excluding hydrogens is 503 g/mol. The number of hydrogen-bond donors (Lipinski definition) is 0. The molecule has 0 atom stereocenters. The first-order chi connectivity index (χ1) is 15.0. The molecular formula is C21H16BrF5N2O3. The van der Waals surface area contributed by atoms with Crippen molar-refractivity contribution in [2.45, 2.75) is 26.9 Å². The summed E-state index contributed by atoms with van der Waals surface area (Å²) in [6.45, 7) is 5.01. The average molecular weight is 519 g/mol. The smallest absolute Gasteiger partial charge is 0.280 e. The van der Waals surface area contributed by atoms with Gasteiger partial charge in [-0.15, -0.1) is 0 Å². The number of carbonyl (C=O) groups excluding carboxylic acids is 1. The third-order valence-electron chi connectivity index (χ3n) is 4.38. The minimum atomic E-state index is -2.33. The lowest BCUT2D eigenvalue weighted by molar-refractivity contribution is -0.114. The van der Waals surface area contributed by atoms with Gasteiger partial charge in [0.25, 0.3) is 5.91 Å². The van der Waals surface area contributed by atoms with E-state index in [2.05, 4.69) is 21.0 Å². The molecule has 0 aromatic heterocycles. The van der Waals surface area contributed by atoms with Crippen molar-refractivity contribution in [3.63, 3.8) is 0 Å². The van der Waals surface area contributed by atoms with Crippen LogP contribution in [0.15, 0.2) is 27.3 Å². The first-order valence-corrected chi connectivity index (χ1v) is 9.94. The Labute approximate surface area is 188 Å². The number of nitrogens with zero attached hydrogens (tertiary/aromatic N) is 2. The van der Waals surface area contributed by atoms with E-state index >= 15 is 0 Å². The average Bonchev–Trinajstić information content (AvgIpc) is 3.00. The van der Waals surface area contributed by atoms with Crippen LogP contribution in [0.4, 0.5) is 27.6 Å². The van der Waals surface area contributed by atoms with Gasteiger partial charge in [0.15, 0.2) is 34.8 Å². The lowest BCUT2D eigenvalue weighted by Crippen LogP contribution is -2.25. The van der Waals surface area contributed by atoms with Crippen molar-refractivity contribution < 1.29 is 36.2 Å². The minimum Gasteiger partial charge on any atom is -0.493 e. The van der Waals surface area contributed by atoms with Gasteiger partial charge in [-0.05, 0) is 60.5 Å². The van der Waals surface area contributed by atoms with Gasteiger partial charge in [0.1, 0.15) is 5.69 Å². The van der Waals surface area contributed by atoms with E-state index in [1.807, 2.05) is 13.8 Å². The van der Waals surface area contributed by atoms with E-state index in [-0.39, 0.29) is 22.4 Å². The third kappa shape index (κ3) is 4.08. The first kappa shape index (κ1) is 23.7. The molecule has 2 aromatic rings. The van der Waals surface area contributed by atoms with Crippen molar-refractivity contribution in [3.05, 3.63) is 56.8 Å². The number of anilines is 1. The zero-order valence-electron chi connectivity index (χ0n) is 17.2. The number of methoxy groups -OCH3 is 1. The monoisotopic (exact) mass is 518 g/mol. The van der Waals surface area contributed by atoms with Crippen LogP contribution in [-0.4, -0.2) is 24.8 Å². The Kier molecular flexibility index (Phi) is 6.59. The summed E-state index contributed by atoms with van der Waals surface area (Å²) in [5, 5.41) is 3.85. The fourth-order valence-electron chi connectivity index (χ4n) is 2.95. The predicted octanol–water partition coefficient (Wildman–Crippen LogP) is 5.75. The molecule has 0 radical (unpaired) electrons. The normalized spacial score (nSPS) is 15.1. The molecule has 1 aliphatic rings. The van der Waals surface area contributed by atoms with E-state index in [4.69, 9.17) is 9.47 Å². The molecule has 0 saturated carbocycles. The van der Waals surface area contributed by atoms with Crippen molar-refractivity contribution in [3.8, 4) is 11.5 Å². The maximum Gasteiger partial charge on any atom is 0.280 e. The Morgan fingerprint density at radius 2 is 1.59 bits per heavy atom. The van der Waals surface area contributed by atoms with Crippen LogP contribution in [0.1, 0.15) is 26.3 Å². The summed E-state index contributed by atoms with van der Waals surface area (Å²) in [7, 11) is 1.42. The van der Waals surface area contributed by atoms with E-state index in [0.29, 0.717) is 21.5 Å². The van der Waals surface area contributed by atoms with E-state index in [1.165, 1.54) is 20.1 Å². The van der Waals surface area contributed by atoms with Gasteiger partial charge in [-0.3, -0.25) is 4.79 Å². The number of hydrogen-bond acceptors (Lipinski definition) is 4. The second-order valence-corrected chi connectivity index (χ2v) is 7.83. The summed E-state index contributed by atoms with van der Waals surface area (Å²) < 4.78 is 80.4. The van der Waals surface area contributed by atoms with Gasteiger partial charge >= 0.3 is 0 Å². The Hall–Kier alpha value is -2.95. The van der Waals surface area contributed by atoms with Gasteiger partial charge in [0.2, 0.25) is 5.82 Å². The lowest BCUT2D eigenvalue weighted by atomic mass is 10.1. The van der Waals surface area contributed by atoms with Gasteiger partial charge in [-0.1, -0.05) is 0 Å². The van der Waals surface area contributed by atoms with Crippen molar-refractivity contribution in [1.29, 1.82) is 0 Å². The molecule has 0 unspecified atom stereocenters. The van der Waals surface area contributed by atoms with Crippen LogP contribution in [0.3, 0.4) is 0 Å². The van der Waals surface area contributed by atoms with E-state index in [1.54, 1.807) is 12.1 Å². The summed E-state index contributed by atoms with van der Waals surface area (Å²) >= 11 is 3.36. The van der Waals surface area contributed by atoms with Gasteiger partial charge < -0.3 is 9.47 Å². The number of carbonyl (C=O) groups is 1. The molecule has 0 bridgehead atoms. The highest BCUT2D eigenvalue weighted by molar-refractivity contribution is 9.10. The molecule has 11 heteroatoms. The van der Waals surface area contributed by atoms with E-state index < -0.39 is 40.7 Å². The van der Waals surface area contributed by atoms with Gasteiger partial charge in [-0.25, -0.2) is 22.0 Å². The number of ether oxygens (including phenoxy) is 2. The second kappa shape index (κ2) is 8.89. The summed E-state index contributed by atoms with van der Waals surface area (Å²) in [5.41, 5.74) is -1.12. The first-order valence-electron chi connectivity index (χ1n) is 9.15. The second-order valence-electron chi connectivity index (χ2n) is 6.98. The van der Waals surface area contributed by atoms with Crippen LogP contribution in [0.25, 0.3) is 6.08 Å². The van der Waals surface area contributed by atoms with Crippen LogP contribution in [0, 0.1) is 29.1 Å². The molecule has 0 saturated heterocycles. The fraction of sp³-hybridized carbons (Fsp3) is 0.238. The Bertz CT molecular complexity index is 1150.